The van der Waals surface area contributed by atoms with Gasteiger partial charge in [0.1, 0.15) is 0 Å². The maximum absolute atomic E-state index is 5.34. The highest BCUT2D eigenvalue weighted by Crippen LogP contribution is 2.32. The molecule has 106 valence electrons. The molecule has 21 heavy (non-hydrogen) atoms. The van der Waals surface area contributed by atoms with Crippen LogP contribution in [-0.4, -0.2) is 19.2 Å². The molecule has 1 heterocycles. The molecule has 0 fully saturated rings. The minimum absolute atomic E-state index is 0.693. The Balaban J connectivity index is 2.15. The summed E-state index contributed by atoms with van der Waals surface area (Å²) in [6.45, 7) is 2.08. The molecule has 3 rings (SSSR count). The van der Waals surface area contributed by atoms with E-state index >= 15 is 0 Å². The predicted molar refractivity (Wildman–Crippen MR) is 85.0 cm³/mol. The van der Waals surface area contributed by atoms with Crippen LogP contribution in [0, 0.1) is 6.92 Å². The maximum atomic E-state index is 5.34. The van der Waals surface area contributed by atoms with Crippen LogP contribution in [0.15, 0.2) is 48.5 Å². The molecule has 0 atom stereocenters. The van der Waals surface area contributed by atoms with E-state index in [0.717, 1.165) is 27.9 Å². The minimum Gasteiger partial charge on any atom is -0.493 e. The van der Waals surface area contributed by atoms with E-state index in [1.165, 1.54) is 5.56 Å². The van der Waals surface area contributed by atoms with Crippen molar-refractivity contribution in [1.82, 2.24) is 4.98 Å². The number of pyridine rings is 1. The Kier molecular flexibility index (Phi) is 3.48. The van der Waals surface area contributed by atoms with E-state index in [-0.39, 0.29) is 0 Å². The number of aromatic nitrogens is 1. The molecule has 3 heteroatoms. The number of ether oxygens (including phenoxy) is 2. The average Bonchev–Trinajstić information content (AvgIpc) is 2.53. The summed E-state index contributed by atoms with van der Waals surface area (Å²) in [5, 5.41) is 1.03. The maximum Gasteiger partial charge on any atom is 0.162 e. The van der Waals surface area contributed by atoms with E-state index in [4.69, 9.17) is 14.5 Å². The van der Waals surface area contributed by atoms with Gasteiger partial charge in [0.25, 0.3) is 0 Å². The van der Waals surface area contributed by atoms with Gasteiger partial charge in [-0.3, -0.25) is 0 Å². The summed E-state index contributed by atoms with van der Waals surface area (Å²) in [5.41, 5.74) is 4.19. The summed E-state index contributed by atoms with van der Waals surface area (Å²) in [7, 11) is 3.27. The Morgan fingerprint density at radius 1 is 0.857 bits per heavy atom. The molecular formula is C18H17NO2. The van der Waals surface area contributed by atoms with Gasteiger partial charge >= 0.3 is 0 Å². The number of benzene rings is 2. The second-order valence-electron chi connectivity index (χ2n) is 4.97. The van der Waals surface area contributed by atoms with E-state index in [1.54, 1.807) is 14.2 Å². The first-order valence-electron chi connectivity index (χ1n) is 6.81. The van der Waals surface area contributed by atoms with Crippen LogP contribution in [0.3, 0.4) is 0 Å². The Morgan fingerprint density at radius 2 is 1.62 bits per heavy atom. The van der Waals surface area contributed by atoms with Crippen LogP contribution < -0.4 is 9.47 Å². The lowest BCUT2D eigenvalue weighted by molar-refractivity contribution is 0.356. The molecule has 0 N–H and O–H groups in total. The highest BCUT2D eigenvalue weighted by atomic mass is 16.5. The first-order valence-corrected chi connectivity index (χ1v) is 6.81. The number of rotatable bonds is 3. The molecule has 0 aliphatic heterocycles. The van der Waals surface area contributed by atoms with Gasteiger partial charge in [-0.25, -0.2) is 4.98 Å². The third kappa shape index (κ3) is 2.55. The van der Waals surface area contributed by atoms with Crippen molar-refractivity contribution in [1.29, 1.82) is 0 Å². The van der Waals surface area contributed by atoms with E-state index in [9.17, 15) is 0 Å². The van der Waals surface area contributed by atoms with Crippen molar-refractivity contribution in [2.45, 2.75) is 6.92 Å². The smallest absolute Gasteiger partial charge is 0.162 e. The molecule has 0 aliphatic rings. The van der Waals surface area contributed by atoms with E-state index in [1.807, 2.05) is 24.3 Å². The zero-order chi connectivity index (χ0) is 14.8. The fraction of sp³-hybridized carbons (Fsp3) is 0.167. The Bertz CT molecular complexity index is 796. The van der Waals surface area contributed by atoms with E-state index < -0.39 is 0 Å². The lowest BCUT2D eigenvalue weighted by atomic mass is 10.1. The van der Waals surface area contributed by atoms with Crippen molar-refractivity contribution in [2.24, 2.45) is 0 Å². The number of aryl methyl sites for hydroxylation is 1. The molecule has 0 saturated heterocycles. The second-order valence-corrected chi connectivity index (χ2v) is 4.97. The molecule has 0 amide bonds. The van der Waals surface area contributed by atoms with Gasteiger partial charge in [-0.1, -0.05) is 29.8 Å². The Hall–Kier alpha value is -2.55. The van der Waals surface area contributed by atoms with Crippen LogP contribution in [0.25, 0.3) is 22.2 Å². The normalized spacial score (nSPS) is 10.6. The first kappa shape index (κ1) is 13.4. The molecule has 0 unspecified atom stereocenters. The first-order chi connectivity index (χ1) is 10.2. The number of nitrogens with zero attached hydrogens (tertiary/aromatic N) is 1. The van der Waals surface area contributed by atoms with Crippen molar-refractivity contribution in [3.05, 3.63) is 54.1 Å². The summed E-state index contributed by atoms with van der Waals surface area (Å²) >= 11 is 0. The van der Waals surface area contributed by atoms with Crippen molar-refractivity contribution >= 4 is 10.9 Å². The third-order valence-corrected chi connectivity index (χ3v) is 3.51. The van der Waals surface area contributed by atoms with Crippen molar-refractivity contribution in [3.8, 4) is 22.8 Å². The van der Waals surface area contributed by atoms with Crippen LogP contribution in [0.4, 0.5) is 0 Å². The van der Waals surface area contributed by atoms with Crippen LogP contribution in [-0.2, 0) is 0 Å². The topological polar surface area (TPSA) is 31.4 Å². The number of hydrogen-bond donors (Lipinski definition) is 0. The number of methoxy groups -OCH3 is 2. The molecule has 1 aromatic heterocycles. The SMILES string of the molecule is COc1cc2ccc(-c3cccc(C)c3)nc2cc1OC. The summed E-state index contributed by atoms with van der Waals surface area (Å²) in [5.74, 6) is 1.41. The van der Waals surface area contributed by atoms with Gasteiger partial charge in [0.15, 0.2) is 11.5 Å². The van der Waals surface area contributed by atoms with Crippen LogP contribution in [0.1, 0.15) is 5.56 Å². The Morgan fingerprint density at radius 3 is 2.33 bits per heavy atom. The summed E-state index contributed by atoms with van der Waals surface area (Å²) < 4.78 is 10.7. The van der Waals surface area contributed by atoms with Crippen molar-refractivity contribution in [2.75, 3.05) is 14.2 Å². The second kappa shape index (κ2) is 5.44. The number of fused-ring (bicyclic) bond motifs is 1. The monoisotopic (exact) mass is 279 g/mol. The summed E-state index contributed by atoms with van der Waals surface area (Å²) in [6.07, 6.45) is 0. The predicted octanol–water partition coefficient (Wildman–Crippen LogP) is 4.23. The highest BCUT2D eigenvalue weighted by Gasteiger charge is 2.08. The zero-order valence-corrected chi connectivity index (χ0v) is 12.4. The van der Waals surface area contributed by atoms with Gasteiger partial charge in [-0.05, 0) is 25.1 Å². The quantitative estimate of drug-likeness (QED) is 0.719. The van der Waals surface area contributed by atoms with E-state index in [2.05, 4.69) is 31.2 Å². The van der Waals surface area contributed by atoms with Crippen LogP contribution in [0.5, 0.6) is 11.5 Å². The van der Waals surface area contributed by atoms with Crippen molar-refractivity contribution in [3.63, 3.8) is 0 Å². The molecule has 3 nitrogen and oxygen atoms in total. The Labute approximate surface area is 124 Å². The highest BCUT2D eigenvalue weighted by molar-refractivity contribution is 5.85. The number of hydrogen-bond acceptors (Lipinski definition) is 3. The molecule has 0 aliphatic carbocycles. The fourth-order valence-corrected chi connectivity index (χ4v) is 2.42. The lowest BCUT2D eigenvalue weighted by Crippen LogP contribution is -1.92. The van der Waals surface area contributed by atoms with Gasteiger partial charge in [0.05, 0.1) is 25.4 Å². The average molecular weight is 279 g/mol. The van der Waals surface area contributed by atoms with Crippen molar-refractivity contribution < 1.29 is 9.47 Å². The lowest BCUT2D eigenvalue weighted by Gasteiger charge is -2.10. The molecule has 2 aromatic carbocycles. The van der Waals surface area contributed by atoms with Gasteiger partial charge < -0.3 is 9.47 Å². The zero-order valence-electron chi connectivity index (χ0n) is 12.4. The molecule has 3 aromatic rings. The molecule has 0 saturated carbocycles. The van der Waals surface area contributed by atoms with Gasteiger partial charge in [0, 0.05) is 17.0 Å². The minimum atomic E-state index is 0.693. The van der Waals surface area contributed by atoms with Crippen LogP contribution in [0.2, 0.25) is 0 Å². The van der Waals surface area contributed by atoms with Gasteiger partial charge in [-0.2, -0.15) is 0 Å². The van der Waals surface area contributed by atoms with Gasteiger partial charge in [-0.15, -0.1) is 0 Å². The molecule has 0 bridgehead atoms. The summed E-state index contributed by atoms with van der Waals surface area (Å²) in [6, 6.07) is 16.3. The van der Waals surface area contributed by atoms with E-state index in [0.29, 0.717) is 5.75 Å². The molecular weight excluding hydrogens is 262 g/mol. The fourth-order valence-electron chi connectivity index (χ4n) is 2.42. The molecule has 0 spiro atoms. The summed E-state index contributed by atoms with van der Waals surface area (Å²) in [4.78, 5) is 4.74. The molecule has 0 radical (unpaired) electrons. The standard InChI is InChI=1S/C18H17NO2/c1-12-5-4-6-13(9-12)15-8-7-14-10-17(20-2)18(21-3)11-16(14)19-15/h4-11H,1-3H3. The third-order valence-electron chi connectivity index (χ3n) is 3.51. The van der Waals surface area contributed by atoms with Gasteiger partial charge in [0.2, 0.25) is 0 Å². The largest absolute Gasteiger partial charge is 0.493 e. The van der Waals surface area contributed by atoms with Crippen LogP contribution >= 0.6 is 0 Å².